The molecule has 0 nitrogen and oxygen atoms in total. The minimum atomic E-state index is -0.416. The van der Waals surface area contributed by atoms with Crippen LogP contribution >= 0.6 is 11.3 Å². The van der Waals surface area contributed by atoms with Crippen LogP contribution in [0.5, 0.6) is 0 Å². The van der Waals surface area contributed by atoms with Crippen LogP contribution in [0.2, 0.25) is 0 Å². The van der Waals surface area contributed by atoms with Gasteiger partial charge in [-0.05, 0) is 82.5 Å². The van der Waals surface area contributed by atoms with Gasteiger partial charge in [0.1, 0.15) is 0 Å². The van der Waals surface area contributed by atoms with Gasteiger partial charge in [-0.1, -0.05) is 164 Å². The summed E-state index contributed by atoms with van der Waals surface area (Å²) in [6.45, 7) is 0. The van der Waals surface area contributed by atoms with E-state index in [4.69, 9.17) is 5.48 Å². The predicted octanol–water partition coefficient (Wildman–Crippen LogP) is 13.7. The fourth-order valence-electron chi connectivity index (χ4n) is 7.30. The largest absolute Gasteiger partial charge is 0.135 e. The van der Waals surface area contributed by atoms with Gasteiger partial charge in [0.25, 0.3) is 0 Å². The molecule has 0 radical (unpaired) electrons. The maximum absolute atomic E-state index is 9.57. The molecule has 0 aliphatic carbocycles. The SMILES string of the molecule is [2H]c1c([2H])c([2H])c2c(-c3ccc(-c4ccccc4)c4sc5ccccc5c34)c3c([2H])c([2H])c([2H])c([2H])c3c(-c3cccc4c3ccc3ccccc34)c2c1[2H]. The average Bonchev–Trinajstić information content (AvgIpc) is 3.62. The average molecular weight is 621 g/mol. The van der Waals surface area contributed by atoms with Gasteiger partial charge in [-0.2, -0.15) is 0 Å². The van der Waals surface area contributed by atoms with Crippen LogP contribution in [0.4, 0.5) is 0 Å². The van der Waals surface area contributed by atoms with E-state index in [1.807, 2.05) is 103 Å². The summed E-state index contributed by atoms with van der Waals surface area (Å²) < 4.78 is 76.1. The van der Waals surface area contributed by atoms with E-state index in [-0.39, 0.29) is 45.7 Å². The maximum Gasteiger partial charge on any atom is 0.0629 e. The molecule has 9 aromatic carbocycles. The minimum absolute atomic E-state index is 0.207. The number of hydrogen-bond acceptors (Lipinski definition) is 1. The summed E-state index contributed by atoms with van der Waals surface area (Å²) in [5.74, 6) is 0. The molecular formula is C46H28S. The standard InChI is InChI=1S/C46H28S/c1-2-13-29(14-3-1)32-27-28-41(45-40-21-10-11-24-42(40)47-46(32)45)44-38-19-8-6-17-36(38)43(37-18-7-9-20-39(37)44)35-23-12-22-33-31-16-5-4-15-30(31)25-26-34(33)35/h1-28H/i6D,7D,8D,9D,17D,18D,19D,20D. The summed E-state index contributed by atoms with van der Waals surface area (Å²) >= 11 is 1.63. The lowest BCUT2D eigenvalue weighted by molar-refractivity contribution is 1.66. The van der Waals surface area contributed by atoms with E-state index in [1.54, 1.807) is 11.3 Å². The van der Waals surface area contributed by atoms with Gasteiger partial charge in [0.15, 0.2) is 0 Å². The molecule has 0 aliphatic rings. The molecule has 10 rings (SSSR count). The van der Waals surface area contributed by atoms with Crippen LogP contribution in [-0.2, 0) is 0 Å². The Labute approximate surface area is 288 Å². The lowest BCUT2D eigenvalue weighted by Gasteiger charge is -2.20. The quantitative estimate of drug-likeness (QED) is 0.136. The summed E-state index contributed by atoms with van der Waals surface area (Å²) in [5, 5.41) is 6.39. The van der Waals surface area contributed by atoms with E-state index in [0.29, 0.717) is 22.3 Å². The van der Waals surface area contributed by atoms with Crippen LogP contribution in [0.1, 0.15) is 11.0 Å². The molecule has 0 amide bonds. The summed E-state index contributed by atoms with van der Waals surface area (Å²) in [7, 11) is 0. The molecule has 0 fully saturated rings. The number of benzene rings is 9. The molecule has 0 aliphatic heterocycles. The van der Waals surface area contributed by atoms with Crippen molar-refractivity contribution in [2.75, 3.05) is 0 Å². The molecule has 0 N–H and O–H groups in total. The summed E-state index contributed by atoms with van der Waals surface area (Å²) in [6.07, 6.45) is 0. The highest BCUT2D eigenvalue weighted by molar-refractivity contribution is 7.26. The molecule has 0 atom stereocenters. The molecule has 0 unspecified atom stereocenters. The molecule has 10 aromatic rings. The first-order valence-electron chi connectivity index (χ1n) is 19.5. The molecule has 0 saturated heterocycles. The van der Waals surface area contributed by atoms with Crippen molar-refractivity contribution in [3.05, 3.63) is 170 Å². The summed E-state index contributed by atoms with van der Waals surface area (Å²) in [4.78, 5) is 0. The van der Waals surface area contributed by atoms with Crippen molar-refractivity contribution in [2.45, 2.75) is 0 Å². The summed E-state index contributed by atoms with van der Waals surface area (Å²) in [6, 6.07) is 37.1. The van der Waals surface area contributed by atoms with E-state index in [0.717, 1.165) is 52.8 Å². The highest BCUT2D eigenvalue weighted by Gasteiger charge is 2.22. The second-order valence-corrected chi connectivity index (χ2v) is 12.8. The van der Waals surface area contributed by atoms with Gasteiger partial charge in [0, 0.05) is 20.2 Å². The fourth-order valence-corrected chi connectivity index (χ4v) is 8.57. The number of rotatable bonds is 3. The van der Waals surface area contributed by atoms with Gasteiger partial charge in [-0.3, -0.25) is 0 Å². The molecular weight excluding hydrogens is 585 g/mol. The van der Waals surface area contributed by atoms with Gasteiger partial charge >= 0.3 is 0 Å². The second kappa shape index (κ2) is 10.4. The van der Waals surface area contributed by atoms with E-state index in [1.165, 1.54) is 0 Å². The fraction of sp³-hybridized carbons (Fsp3) is 0. The zero-order valence-electron chi connectivity index (χ0n) is 33.0. The summed E-state index contributed by atoms with van der Waals surface area (Å²) in [5.41, 5.74) is 3.96. The number of hydrogen-bond donors (Lipinski definition) is 0. The third-order valence-electron chi connectivity index (χ3n) is 9.31. The van der Waals surface area contributed by atoms with Crippen LogP contribution in [0.25, 0.3) is 96.6 Å². The number of fused-ring (bicyclic) bond motifs is 8. The smallest absolute Gasteiger partial charge is 0.0629 e. The van der Waals surface area contributed by atoms with Gasteiger partial charge in [0.05, 0.1) is 11.0 Å². The normalized spacial score (nSPS) is 14.2. The van der Waals surface area contributed by atoms with Gasteiger partial charge in [-0.15, -0.1) is 11.3 Å². The molecule has 1 heteroatoms. The van der Waals surface area contributed by atoms with Crippen molar-refractivity contribution in [1.29, 1.82) is 0 Å². The van der Waals surface area contributed by atoms with E-state index < -0.39 is 24.2 Å². The van der Waals surface area contributed by atoms with E-state index in [2.05, 4.69) is 18.2 Å². The molecule has 0 bridgehead atoms. The highest BCUT2D eigenvalue weighted by Crippen LogP contribution is 2.50. The van der Waals surface area contributed by atoms with Crippen LogP contribution < -0.4 is 0 Å². The van der Waals surface area contributed by atoms with Crippen LogP contribution in [0.3, 0.4) is 0 Å². The Kier molecular flexibility index (Phi) is 4.35. The first kappa shape index (κ1) is 19.7. The second-order valence-electron chi connectivity index (χ2n) is 11.8. The van der Waals surface area contributed by atoms with Crippen LogP contribution in [0, 0.1) is 0 Å². The van der Waals surface area contributed by atoms with Gasteiger partial charge in [0.2, 0.25) is 0 Å². The highest BCUT2D eigenvalue weighted by atomic mass is 32.1. The van der Waals surface area contributed by atoms with Crippen molar-refractivity contribution >= 4 is 74.6 Å². The minimum Gasteiger partial charge on any atom is -0.135 e. The Morgan fingerprint density at radius 2 is 0.979 bits per heavy atom. The first-order valence-corrected chi connectivity index (χ1v) is 16.4. The van der Waals surface area contributed by atoms with Gasteiger partial charge < -0.3 is 0 Å². The first-order chi connectivity index (χ1) is 26.7. The third kappa shape index (κ3) is 3.94. The topological polar surface area (TPSA) is 0 Å². The van der Waals surface area contributed by atoms with E-state index >= 15 is 0 Å². The van der Waals surface area contributed by atoms with Crippen molar-refractivity contribution in [3.63, 3.8) is 0 Å². The zero-order chi connectivity index (χ0) is 37.9. The Morgan fingerprint density at radius 1 is 0.383 bits per heavy atom. The predicted molar refractivity (Wildman–Crippen MR) is 206 cm³/mol. The molecule has 218 valence electrons. The molecule has 0 spiro atoms. The third-order valence-corrected chi connectivity index (χ3v) is 10.5. The van der Waals surface area contributed by atoms with Crippen molar-refractivity contribution in [2.24, 2.45) is 0 Å². The van der Waals surface area contributed by atoms with Crippen molar-refractivity contribution < 1.29 is 11.0 Å². The Hall–Kier alpha value is -5.76. The van der Waals surface area contributed by atoms with Crippen molar-refractivity contribution in [3.8, 4) is 33.4 Å². The zero-order valence-corrected chi connectivity index (χ0v) is 25.8. The van der Waals surface area contributed by atoms with Crippen LogP contribution in [-0.4, -0.2) is 0 Å². The molecule has 1 aromatic heterocycles. The molecule has 1 heterocycles. The number of thiophene rings is 1. The lowest BCUT2D eigenvalue weighted by atomic mass is 9.83. The molecule has 47 heavy (non-hydrogen) atoms. The Morgan fingerprint density at radius 3 is 1.72 bits per heavy atom. The Bertz CT molecular complexity index is 3220. The Balaban J connectivity index is 1.49. The maximum atomic E-state index is 9.57. The van der Waals surface area contributed by atoms with E-state index in [9.17, 15) is 5.48 Å². The van der Waals surface area contributed by atoms with Crippen molar-refractivity contribution in [1.82, 2.24) is 0 Å². The van der Waals surface area contributed by atoms with Crippen LogP contribution in [0.15, 0.2) is 170 Å². The molecule has 0 saturated carbocycles. The lowest BCUT2D eigenvalue weighted by Crippen LogP contribution is -1.92. The monoisotopic (exact) mass is 620 g/mol. The van der Waals surface area contributed by atoms with Gasteiger partial charge in [-0.25, -0.2) is 0 Å².